The van der Waals surface area contributed by atoms with Crippen LogP contribution in [-0.2, 0) is 6.54 Å². The Morgan fingerprint density at radius 1 is 1.50 bits per heavy atom. The summed E-state index contributed by atoms with van der Waals surface area (Å²) in [5.74, 6) is 2.84. The van der Waals surface area contributed by atoms with Gasteiger partial charge in [-0.1, -0.05) is 5.16 Å². The maximum atomic E-state index is 4.88. The van der Waals surface area contributed by atoms with E-state index in [0.29, 0.717) is 18.3 Å². The van der Waals surface area contributed by atoms with Gasteiger partial charge in [-0.25, -0.2) is 0 Å². The Hall–Kier alpha value is -1.59. The van der Waals surface area contributed by atoms with Crippen LogP contribution in [0.5, 0.6) is 0 Å². The van der Waals surface area contributed by atoms with Crippen molar-refractivity contribution in [2.24, 2.45) is 10.9 Å². The van der Waals surface area contributed by atoms with E-state index in [4.69, 9.17) is 4.52 Å². The summed E-state index contributed by atoms with van der Waals surface area (Å²) in [6, 6.07) is 0. The largest absolute Gasteiger partial charge is 0.356 e. The Morgan fingerprint density at radius 3 is 2.88 bits per heavy atom. The fraction of sp³-hybridized carbons (Fsp3) is 0.700. The summed E-state index contributed by atoms with van der Waals surface area (Å²) in [4.78, 5) is 8.22. The lowest BCUT2D eigenvalue weighted by molar-refractivity contribution is 0.387. The zero-order valence-corrected chi connectivity index (χ0v) is 9.66. The van der Waals surface area contributed by atoms with E-state index in [1.807, 2.05) is 0 Å². The third-order valence-corrected chi connectivity index (χ3v) is 2.46. The van der Waals surface area contributed by atoms with E-state index in [0.717, 1.165) is 18.4 Å². The van der Waals surface area contributed by atoms with Crippen LogP contribution in [0.25, 0.3) is 0 Å². The van der Waals surface area contributed by atoms with Crippen LogP contribution in [-0.4, -0.2) is 29.7 Å². The molecule has 1 saturated carbocycles. The van der Waals surface area contributed by atoms with Crippen molar-refractivity contribution in [3.63, 3.8) is 0 Å². The summed E-state index contributed by atoms with van der Waals surface area (Å²) in [7, 11) is 1.75. The van der Waals surface area contributed by atoms with Gasteiger partial charge in [0.15, 0.2) is 11.8 Å². The van der Waals surface area contributed by atoms with Gasteiger partial charge in [0.1, 0.15) is 0 Å². The van der Waals surface area contributed by atoms with Crippen LogP contribution < -0.4 is 10.6 Å². The molecule has 0 bridgehead atoms. The number of aromatic nitrogens is 2. The lowest BCUT2D eigenvalue weighted by atomic mass is 10.4. The van der Waals surface area contributed by atoms with Gasteiger partial charge in [0, 0.05) is 20.5 Å². The van der Waals surface area contributed by atoms with E-state index in [9.17, 15) is 0 Å². The van der Waals surface area contributed by atoms with E-state index in [1.54, 1.807) is 14.0 Å². The summed E-state index contributed by atoms with van der Waals surface area (Å²) in [6.45, 7) is 3.29. The van der Waals surface area contributed by atoms with Crippen LogP contribution in [0.15, 0.2) is 9.52 Å². The second-order valence-electron chi connectivity index (χ2n) is 3.98. The van der Waals surface area contributed by atoms with Gasteiger partial charge in [0.2, 0.25) is 5.89 Å². The van der Waals surface area contributed by atoms with E-state index in [-0.39, 0.29) is 0 Å². The average molecular weight is 223 g/mol. The minimum Gasteiger partial charge on any atom is -0.356 e. The molecule has 0 unspecified atom stereocenters. The quantitative estimate of drug-likeness (QED) is 0.572. The second kappa shape index (κ2) is 4.96. The van der Waals surface area contributed by atoms with Crippen molar-refractivity contribution in [2.45, 2.75) is 26.3 Å². The standard InChI is InChI=1S/C10H17N5O/c1-7-14-9(15-16-7)6-13-10(11-2)12-5-8-3-4-8/h8H,3-6H2,1-2H3,(H2,11,12,13). The molecule has 1 aromatic heterocycles. The van der Waals surface area contributed by atoms with Crippen LogP contribution in [0.3, 0.4) is 0 Å². The molecule has 1 aliphatic rings. The maximum absolute atomic E-state index is 4.88. The molecule has 6 heteroatoms. The number of aryl methyl sites for hydroxylation is 1. The van der Waals surface area contributed by atoms with Crippen molar-refractivity contribution in [3.05, 3.63) is 11.7 Å². The van der Waals surface area contributed by atoms with Gasteiger partial charge in [0.25, 0.3) is 0 Å². The zero-order valence-electron chi connectivity index (χ0n) is 9.66. The highest BCUT2D eigenvalue weighted by Crippen LogP contribution is 2.27. The van der Waals surface area contributed by atoms with Crippen molar-refractivity contribution >= 4 is 5.96 Å². The SMILES string of the molecule is CN=C(NCc1noc(C)n1)NCC1CC1. The highest BCUT2D eigenvalue weighted by molar-refractivity contribution is 5.79. The van der Waals surface area contributed by atoms with Gasteiger partial charge < -0.3 is 15.2 Å². The lowest BCUT2D eigenvalue weighted by Gasteiger charge is -2.09. The summed E-state index contributed by atoms with van der Waals surface area (Å²) < 4.78 is 4.88. The van der Waals surface area contributed by atoms with E-state index in [2.05, 4.69) is 25.8 Å². The minimum absolute atomic E-state index is 0.529. The Morgan fingerprint density at radius 2 is 2.31 bits per heavy atom. The summed E-state index contributed by atoms with van der Waals surface area (Å²) in [5, 5.41) is 10.2. The van der Waals surface area contributed by atoms with Gasteiger partial charge in [-0.3, -0.25) is 4.99 Å². The first kappa shape index (κ1) is 10.9. The van der Waals surface area contributed by atoms with Gasteiger partial charge in [-0.2, -0.15) is 4.98 Å². The van der Waals surface area contributed by atoms with E-state index >= 15 is 0 Å². The summed E-state index contributed by atoms with van der Waals surface area (Å²) >= 11 is 0. The molecular formula is C10H17N5O. The number of nitrogens with zero attached hydrogens (tertiary/aromatic N) is 3. The Kier molecular flexibility index (Phi) is 3.38. The predicted octanol–water partition coefficient (Wildman–Crippen LogP) is 0.453. The molecule has 1 aliphatic carbocycles. The van der Waals surface area contributed by atoms with Gasteiger partial charge >= 0.3 is 0 Å². The number of hydrogen-bond acceptors (Lipinski definition) is 4. The van der Waals surface area contributed by atoms with Crippen LogP contribution in [0.4, 0.5) is 0 Å². The molecule has 16 heavy (non-hydrogen) atoms. The van der Waals surface area contributed by atoms with Crippen molar-refractivity contribution in [1.82, 2.24) is 20.8 Å². The van der Waals surface area contributed by atoms with Crippen molar-refractivity contribution in [1.29, 1.82) is 0 Å². The molecule has 0 atom stereocenters. The van der Waals surface area contributed by atoms with Crippen LogP contribution in [0, 0.1) is 12.8 Å². The molecule has 0 amide bonds. The van der Waals surface area contributed by atoms with Crippen molar-refractivity contribution in [3.8, 4) is 0 Å². The van der Waals surface area contributed by atoms with Crippen molar-refractivity contribution in [2.75, 3.05) is 13.6 Å². The maximum Gasteiger partial charge on any atom is 0.223 e. The Bertz CT molecular complexity index is 369. The monoisotopic (exact) mass is 223 g/mol. The fourth-order valence-corrected chi connectivity index (χ4v) is 1.36. The molecular weight excluding hydrogens is 206 g/mol. The highest BCUT2D eigenvalue weighted by atomic mass is 16.5. The third kappa shape index (κ3) is 3.22. The molecule has 0 saturated heterocycles. The van der Waals surface area contributed by atoms with Crippen LogP contribution >= 0.6 is 0 Å². The first-order chi connectivity index (χ1) is 7.78. The topological polar surface area (TPSA) is 75.3 Å². The smallest absolute Gasteiger partial charge is 0.223 e. The molecule has 6 nitrogen and oxygen atoms in total. The zero-order chi connectivity index (χ0) is 11.4. The molecule has 2 N–H and O–H groups in total. The highest BCUT2D eigenvalue weighted by Gasteiger charge is 2.21. The van der Waals surface area contributed by atoms with Gasteiger partial charge in [0.05, 0.1) is 6.54 Å². The number of guanidine groups is 1. The summed E-state index contributed by atoms with van der Waals surface area (Å²) in [5.41, 5.74) is 0. The Balaban J connectivity index is 1.73. The van der Waals surface area contributed by atoms with Crippen LogP contribution in [0.1, 0.15) is 24.6 Å². The van der Waals surface area contributed by atoms with E-state index in [1.165, 1.54) is 12.8 Å². The number of hydrogen-bond donors (Lipinski definition) is 2. The molecule has 2 rings (SSSR count). The predicted molar refractivity (Wildman–Crippen MR) is 60.0 cm³/mol. The first-order valence-electron chi connectivity index (χ1n) is 5.51. The van der Waals surface area contributed by atoms with Gasteiger partial charge in [-0.05, 0) is 18.8 Å². The lowest BCUT2D eigenvalue weighted by Crippen LogP contribution is -2.38. The van der Waals surface area contributed by atoms with Crippen LogP contribution in [0.2, 0.25) is 0 Å². The average Bonchev–Trinajstić information content (AvgIpc) is 3.02. The molecule has 1 aromatic rings. The van der Waals surface area contributed by atoms with Crippen molar-refractivity contribution < 1.29 is 4.52 Å². The minimum atomic E-state index is 0.529. The number of nitrogens with one attached hydrogen (secondary N) is 2. The fourth-order valence-electron chi connectivity index (χ4n) is 1.36. The molecule has 0 spiro atoms. The molecule has 88 valence electrons. The Labute approximate surface area is 94.5 Å². The first-order valence-corrected chi connectivity index (χ1v) is 5.51. The van der Waals surface area contributed by atoms with Gasteiger partial charge in [-0.15, -0.1) is 0 Å². The third-order valence-electron chi connectivity index (χ3n) is 2.46. The molecule has 0 aromatic carbocycles. The molecule has 0 radical (unpaired) electrons. The molecule has 1 fully saturated rings. The number of rotatable bonds is 4. The second-order valence-corrected chi connectivity index (χ2v) is 3.98. The number of aliphatic imine (C=N–C) groups is 1. The molecule has 1 heterocycles. The summed E-state index contributed by atoms with van der Waals surface area (Å²) in [6.07, 6.45) is 2.65. The molecule has 0 aliphatic heterocycles. The van der Waals surface area contributed by atoms with E-state index < -0.39 is 0 Å². The normalized spacial score (nSPS) is 16.2.